The van der Waals surface area contributed by atoms with Crippen molar-refractivity contribution in [3.8, 4) is 0 Å². The van der Waals surface area contributed by atoms with Gasteiger partial charge in [-0.1, -0.05) is 25.7 Å². The Morgan fingerprint density at radius 2 is 1.57 bits per heavy atom. The molecule has 0 spiro atoms. The molecule has 1 heterocycles. The van der Waals surface area contributed by atoms with Crippen LogP contribution in [0.15, 0.2) is 24.3 Å². The van der Waals surface area contributed by atoms with Gasteiger partial charge in [0.15, 0.2) is 0 Å². The van der Waals surface area contributed by atoms with E-state index in [9.17, 15) is 9.59 Å². The highest BCUT2D eigenvalue weighted by atomic mass is 16.2. The zero-order chi connectivity index (χ0) is 19.8. The Labute approximate surface area is 169 Å². The van der Waals surface area contributed by atoms with Gasteiger partial charge in [-0.25, -0.2) is 0 Å². The average Bonchev–Trinajstić information content (AvgIpc) is 2.98. The highest BCUT2D eigenvalue weighted by Crippen LogP contribution is 2.23. The zero-order valence-electron chi connectivity index (χ0n) is 17.3. The van der Waals surface area contributed by atoms with Gasteiger partial charge >= 0.3 is 0 Å². The Balaban J connectivity index is 1.49. The number of nitrogens with one attached hydrogen (secondary N) is 1. The average molecular weight is 386 g/mol. The lowest BCUT2D eigenvalue weighted by atomic mass is 10.1. The van der Waals surface area contributed by atoms with Crippen molar-refractivity contribution in [2.75, 3.05) is 29.9 Å². The van der Waals surface area contributed by atoms with Gasteiger partial charge in [0.2, 0.25) is 11.8 Å². The van der Waals surface area contributed by atoms with Crippen LogP contribution in [0, 0.1) is 0 Å². The fraction of sp³-hybridized carbons (Fsp3) is 0.652. The second-order valence-electron chi connectivity index (χ2n) is 8.25. The molecule has 5 heteroatoms. The number of nitrogens with zero attached hydrogens (tertiary/aromatic N) is 2. The second-order valence-corrected chi connectivity index (χ2v) is 8.25. The van der Waals surface area contributed by atoms with E-state index in [2.05, 4.69) is 22.3 Å². The molecule has 0 aromatic heterocycles. The Bertz CT molecular complexity index is 630. The summed E-state index contributed by atoms with van der Waals surface area (Å²) in [7, 11) is 0. The number of piperidine rings is 1. The number of amides is 2. The maximum atomic E-state index is 12.4. The number of rotatable bonds is 6. The molecule has 1 N–H and O–H groups in total. The van der Waals surface area contributed by atoms with Crippen molar-refractivity contribution in [1.29, 1.82) is 0 Å². The number of hydrogen-bond acceptors (Lipinski definition) is 3. The third-order valence-corrected chi connectivity index (χ3v) is 6.12. The van der Waals surface area contributed by atoms with Crippen LogP contribution in [0.25, 0.3) is 0 Å². The fourth-order valence-corrected chi connectivity index (χ4v) is 4.52. The first kappa shape index (κ1) is 20.7. The topological polar surface area (TPSA) is 52.7 Å². The number of hydrogen-bond donors (Lipinski definition) is 1. The van der Waals surface area contributed by atoms with Crippen molar-refractivity contribution in [2.45, 2.75) is 77.2 Å². The minimum atomic E-state index is -0.0226. The first-order chi connectivity index (χ1) is 13.6. The molecule has 2 fully saturated rings. The van der Waals surface area contributed by atoms with E-state index in [0.717, 1.165) is 31.6 Å². The van der Waals surface area contributed by atoms with Crippen LogP contribution in [0.3, 0.4) is 0 Å². The molecular weight excluding hydrogens is 350 g/mol. The van der Waals surface area contributed by atoms with Gasteiger partial charge in [0, 0.05) is 50.4 Å². The van der Waals surface area contributed by atoms with Crippen LogP contribution in [0.4, 0.5) is 11.4 Å². The van der Waals surface area contributed by atoms with Crippen LogP contribution in [0.2, 0.25) is 0 Å². The van der Waals surface area contributed by atoms with Gasteiger partial charge in [-0.05, 0) is 56.4 Å². The van der Waals surface area contributed by atoms with Crippen LogP contribution in [-0.2, 0) is 9.59 Å². The summed E-state index contributed by atoms with van der Waals surface area (Å²) < 4.78 is 0. The van der Waals surface area contributed by atoms with Crippen LogP contribution in [-0.4, -0.2) is 42.4 Å². The maximum Gasteiger partial charge on any atom is 0.226 e. The van der Waals surface area contributed by atoms with E-state index < -0.39 is 0 Å². The van der Waals surface area contributed by atoms with E-state index in [0.29, 0.717) is 19.0 Å². The minimum Gasteiger partial charge on any atom is -0.372 e. The lowest BCUT2D eigenvalue weighted by Gasteiger charge is -2.30. The lowest BCUT2D eigenvalue weighted by Crippen LogP contribution is -2.40. The lowest BCUT2D eigenvalue weighted by molar-refractivity contribution is -0.131. The Morgan fingerprint density at radius 3 is 2.18 bits per heavy atom. The molecule has 1 saturated carbocycles. The van der Waals surface area contributed by atoms with E-state index in [-0.39, 0.29) is 11.8 Å². The monoisotopic (exact) mass is 385 g/mol. The summed E-state index contributed by atoms with van der Waals surface area (Å²) >= 11 is 0. The molecule has 154 valence electrons. The Hall–Kier alpha value is -2.04. The minimum absolute atomic E-state index is 0.0226. The summed E-state index contributed by atoms with van der Waals surface area (Å²) in [5, 5.41) is 2.99. The molecule has 28 heavy (non-hydrogen) atoms. The van der Waals surface area contributed by atoms with Crippen molar-refractivity contribution in [3.05, 3.63) is 24.3 Å². The first-order valence-electron chi connectivity index (χ1n) is 11.1. The molecule has 0 radical (unpaired) electrons. The fourth-order valence-electron chi connectivity index (χ4n) is 4.52. The van der Waals surface area contributed by atoms with Crippen molar-refractivity contribution >= 4 is 23.2 Å². The molecule has 2 amide bonds. The molecule has 1 aromatic rings. The predicted molar refractivity (Wildman–Crippen MR) is 115 cm³/mol. The number of carbonyl (C=O) groups is 2. The molecule has 5 nitrogen and oxygen atoms in total. The van der Waals surface area contributed by atoms with Crippen LogP contribution >= 0.6 is 0 Å². The smallest absolute Gasteiger partial charge is 0.226 e. The largest absolute Gasteiger partial charge is 0.372 e. The third kappa shape index (κ3) is 5.98. The van der Waals surface area contributed by atoms with Crippen LogP contribution in [0.1, 0.15) is 71.1 Å². The highest BCUT2D eigenvalue weighted by molar-refractivity contribution is 5.91. The van der Waals surface area contributed by atoms with E-state index in [1.165, 1.54) is 50.6 Å². The van der Waals surface area contributed by atoms with Crippen molar-refractivity contribution in [1.82, 2.24) is 4.90 Å². The summed E-state index contributed by atoms with van der Waals surface area (Å²) in [6.07, 6.45) is 11.2. The Morgan fingerprint density at radius 1 is 0.964 bits per heavy atom. The van der Waals surface area contributed by atoms with Gasteiger partial charge in [-0.15, -0.1) is 0 Å². The van der Waals surface area contributed by atoms with Crippen molar-refractivity contribution in [2.24, 2.45) is 0 Å². The molecule has 0 atom stereocenters. The second kappa shape index (κ2) is 10.5. The van der Waals surface area contributed by atoms with Gasteiger partial charge < -0.3 is 15.1 Å². The quantitative estimate of drug-likeness (QED) is 0.730. The number of anilines is 2. The van der Waals surface area contributed by atoms with E-state index in [1.54, 1.807) is 6.92 Å². The van der Waals surface area contributed by atoms with Crippen LogP contribution < -0.4 is 10.2 Å². The summed E-state index contributed by atoms with van der Waals surface area (Å²) in [6, 6.07) is 8.45. The summed E-state index contributed by atoms with van der Waals surface area (Å²) in [5.74, 6) is 0.0659. The highest BCUT2D eigenvalue weighted by Gasteiger charge is 2.22. The molecule has 0 bridgehead atoms. The van der Waals surface area contributed by atoms with E-state index in [1.807, 2.05) is 17.0 Å². The molecular formula is C23H35N3O2. The normalized spacial score (nSPS) is 18.4. The number of benzene rings is 1. The SMILES string of the molecule is CC(=O)N(CCC(=O)Nc1ccc(N2CCCCC2)cc1)C1CCCCCC1. The van der Waals surface area contributed by atoms with Crippen molar-refractivity contribution < 1.29 is 9.59 Å². The summed E-state index contributed by atoms with van der Waals surface area (Å²) in [5.41, 5.74) is 2.06. The molecule has 1 aliphatic carbocycles. The molecule has 0 unspecified atom stereocenters. The van der Waals surface area contributed by atoms with E-state index in [4.69, 9.17) is 0 Å². The van der Waals surface area contributed by atoms with Gasteiger partial charge in [-0.3, -0.25) is 9.59 Å². The van der Waals surface area contributed by atoms with Gasteiger partial charge in [0.1, 0.15) is 0 Å². The number of carbonyl (C=O) groups excluding carboxylic acids is 2. The van der Waals surface area contributed by atoms with Crippen molar-refractivity contribution in [3.63, 3.8) is 0 Å². The third-order valence-electron chi connectivity index (χ3n) is 6.12. The standard InChI is InChI=1S/C23H35N3O2/c1-19(27)26(22-9-5-2-3-6-10-22)18-15-23(28)24-20-11-13-21(14-12-20)25-16-7-4-8-17-25/h11-14,22H,2-10,15-18H2,1H3,(H,24,28). The molecule has 1 aromatic carbocycles. The van der Waals surface area contributed by atoms with Gasteiger partial charge in [0.25, 0.3) is 0 Å². The van der Waals surface area contributed by atoms with E-state index >= 15 is 0 Å². The molecule has 2 aliphatic rings. The predicted octanol–water partition coefficient (Wildman–Crippen LogP) is 4.58. The van der Waals surface area contributed by atoms with Gasteiger partial charge in [0.05, 0.1) is 0 Å². The first-order valence-corrected chi connectivity index (χ1v) is 11.1. The molecule has 3 rings (SSSR count). The van der Waals surface area contributed by atoms with Crippen LogP contribution in [0.5, 0.6) is 0 Å². The summed E-state index contributed by atoms with van der Waals surface area (Å²) in [6.45, 7) is 4.38. The molecule has 1 saturated heterocycles. The maximum absolute atomic E-state index is 12.4. The summed E-state index contributed by atoms with van der Waals surface area (Å²) in [4.78, 5) is 28.9. The molecule has 1 aliphatic heterocycles. The zero-order valence-corrected chi connectivity index (χ0v) is 17.3. The van der Waals surface area contributed by atoms with Gasteiger partial charge in [-0.2, -0.15) is 0 Å². The Kier molecular flexibility index (Phi) is 7.75.